The molecule has 0 spiro atoms. The molecule has 1 saturated heterocycles. The summed E-state index contributed by atoms with van der Waals surface area (Å²) in [6.45, 7) is 3.72. The SMILES string of the molecule is CN1CCN(Cc2ccc(F)cc2F)C(CN)C1. The van der Waals surface area contributed by atoms with E-state index in [4.69, 9.17) is 5.73 Å². The van der Waals surface area contributed by atoms with Crippen molar-refractivity contribution < 1.29 is 8.78 Å². The summed E-state index contributed by atoms with van der Waals surface area (Å²) in [5, 5.41) is 0. The van der Waals surface area contributed by atoms with Gasteiger partial charge in [-0.05, 0) is 13.1 Å². The van der Waals surface area contributed by atoms with Gasteiger partial charge >= 0.3 is 0 Å². The van der Waals surface area contributed by atoms with E-state index in [9.17, 15) is 8.78 Å². The molecule has 1 fully saturated rings. The highest BCUT2D eigenvalue weighted by molar-refractivity contribution is 5.18. The van der Waals surface area contributed by atoms with Crippen LogP contribution in [0.1, 0.15) is 5.56 Å². The van der Waals surface area contributed by atoms with Crippen LogP contribution in [-0.4, -0.2) is 49.1 Å². The van der Waals surface area contributed by atoms with Gasteiger partial charge in [-0.15, -0.1) is 0 Å². The molecule has 0 saturated carbocycles. The first kappa shape index (κ1) is 13.4. The summed E-state index contributed by atoms with van der Waals surface area (Å²) in [7, 11) is 2.05. The first-order valence-electron chi connectivity index (χ1n) is 6.16. The number of likely N-dealkylation sites (N-methyl/N-ethyl adjacent to an activating group) is 1. The highest BCUT2D eigenvalue weighted by atomic mass is 19.1. The molecular formula is C13H19F2N3. The maximum atomic E-state index is 13.6. The fourth-order valence-corrected chi connectivity index (χ4v) is 2.35. The van der Waals surface area contributed by atoms with Gasteiger partial charge in [0.2, 0.25) is 0 Å². The average molecular weight is 255 g/mol. The third-order valence-corrected chi connectivity index (χ3v) is 3.47. The van der Waals surface area contributed by atoms with Crippen LogP contribution in [0.5, 0.6) is 0 Å². The molecule has 1 unspecified atom stereocenters. The molecule has 1 aliphatic heterocycles. The largest absolute Gasteiger partial charge is 0.329 e. The highest BCUT2D eigenvalue weighted by Crippen LogP contribution is 2.16. The Balaban J connectivity index is 2.07. The van der Waals surface area contributed by atoms with Gasteiger partial charge in [-0.2, -0.15) is 0 Å². The molecule has 18 heavy (non-hydrogen) atoms. The zero-order valence-corrected chi connectivity index (χ0v) is 10.6. The molecule has 1 aromatic carbocycles. The van der Waals surface area contributed by atoms with Crippen LogP contribution >= 0.6 is 0 Å². The van der Waals surface area contributed by atoms with Gasteiger partial charge in [-0.3, -0.25) is 4.90 Å². The fourth-order valence-electron chi connectivity index (χ4n) is 2.35. The summed E-state index contributed by atoms with van der Waals surface area (Å²) in [4.78, 5) is 4.38. The third kappa shape index (κ3) is 3.04. The Hall–Kier alpha value is -1.04. The van der Waals surface area contributed by atoms with Gasteiger partial charge in [0.1, 0.15) is 11.6 Å². The lowest BCUT2D eigenvalue weighted by molar-refractivity contribution is 0.0871. The van der Waals surface area contributed by atoms with Crippen molar-refractivity contribution in [1.29, 1.82) is 0 Å². The molecule has 3 nitrogen and oxygen atoms in total. The summed E-state index contributed by atoms with van der Waals surface area (Å²) in [5.41, 5.74) is 6.28. The maximum Gasteiger partial charge on any atom is 0.130 e. The van der Waals surface area contributed by atoms with E-state index in [2.05, 4.69) is 16.8 Å². The molecule has 0 aliphatic carbocycles. The van der Waals surface area contributed by atoms with Crippen molar-refractivity contribution in [3.8, 4) is 0 Å². The topological polar surface area (TPSA) is 32.5 Å². The van der Waals surface area contributed by atoms with E-state index >= 15 is 0 Å². The van der Waals surface area contributed by atoms with Crippen LogP contribution in [0, 0.1) is 11.6 Å². The van der Waals surface area contributed by atoms with Crippen molar-refractivity contribution in [3.05, 3.63) is 35.4 Å². The molecule has 1 heterocycles. The second kappa shape index (κ2) is 5.73. The Kier molecular flexibility index (Phi) is 4.27. The van der Waals surface area contributed by atoms with Gasteiger partial charge in [0, 0.05) is 50.4 Å². The standard InChI is InChI=1S/C13H19F2N3/c1-17-4-5-18(12(7-16)9-17)8-10-2-3-11(14)6-13(10)15/h2-3,6,12H,4-5,7-9,16H2,1H3. The van der Waals surface area contributed by atoms with Crippen LogP contribution in [-0.2, 0) is 6.54 Å². The van der Waals surface area contributed by atoms with E-state index in [0.29, 0.717) is 18.7 Å². The van der Waals surface area contributed by atoms with Gasteiger partial charge in [0.25, 0.3) is 0 Å². The smallest absolute Gasteiger partial charge is 0.130 e. The van der Waals surface area contributed by atoms with E-state index in [1.54, 1.807) is 0 Å². The van der Waals surface area contributed by atoms with E-state index in [0.717, 1.165) is 25.7 Å². The lowest BCUT2D eigenvalue weighted by atomic mass is 10.1. The molecule has 1 aromatic rings. The Morgan fingerprint density at radius 3 is 2.78 bits per heavy atom. The normalized spacial score (nSPS) is 22.3. The number of benzene rings is 1. The maximum absolute atomic E-state index is 13.6. The van der Waals surface area contributed by atoms with E-state index in [-0.39, 0.29) is 6.04 Å². The molecule has 0 bridgehead atoms. The highest BCUT2D eigenvalue weighted by Gasteiger charge is 2.24. The molecule has 5 heteroatoms. The zero-order chi connectivity index (χ0) is 13.1. The number of hydrogen-bond acceptors (Lipinski definition) is 3. The van der Waals surface area contributed by atoms with Crippen molar-refractivity contribution in [2.45, 2.75) is 12.6 Å². The van der Waals surface area contributed by atoms with Gasteiger partial charge in [0.15, 0.2) is 0 Å². The average Bonchev–Trinajstić information content (AvgIpc) is 2.34. The summed E-state index contributed by atoms with van der Waals surface area (Å²) in [5.74, 6) is -1.02. The molecular weight excluding hydrogens is 236 g/mol. The Bertz CT molecular complexity index is 411. The van der Waals surface area contributed by atoms with Crippen LogP contribution in [0.25, 0.3) is 0 Å². The van der Waals surface area contributed by atoms with Crippen molar-refractivity contribution >= 4 is 0 Å². The second-order valence-electron chi connectivity index (χ2n) is 4.86. The van der Waals surface area contributed by atoms with Crippen molar-refractivity contribution in [2.24, 2.45) is 5.73 Å². The molecule has 0 amide bonds. The molecule has 0 aromatic heterocycles. The Morgan fingerprint density at radius 2 is 2.11 bits per heavy atom. The van der Waals surface area contributed by atoms with E-state index in [1.165, 1.54) is 12.1 Å². The first-order valence-corrected chi connectivity index (χ1v) is 6.16. The summed E-state index contributed by atoms with van der Waals surface area (Å²) >= 11 is 0. The minimum Gasteiger partial charge on any atom is -0.329 e. The molecule has 1 atom stereocenters. The molecule has 0 radical (unpaired) electrons. The van der Waals surface area contributed by atoms with E-state index in [1.807, 2.05) is 0 Å². The Morgan fingerprint density at radius 1 is 1.33 bits per heavy atom. The number of halogens is 2. The van der Waals surface area contributed by atoms with Gasteiger partial charge in [-0.25, -0.2) is 8.78 Å². The molecule has 100 valence electrons. The number of rotatable bonds is 3. The zero-order valence-electron chi connectivity index (χ0n) is 10.6. The van der Waals surface area contributed by atoms with Crippen LogP contribution in [0.4, 0.5) is 8.78 Å². The van der Waals surface area contributed by atoms with Crippen molar-refractivity contribution in [3.63, 3.8) is 0 Å². The summed E-state index contributed by atoms with van der Waals surface area (Å²) < 4.78 is 26.4. The van der Waals surface area contributed by atoms with Gasteiger partial charge in [0.05, 0.1) is 0 Å². The van der Waals surface area contributed by atoms with Crippen LogP contribution in [0.2, 0.25) is 0 Å². The first-order chi connectivity index (χ1) is 8.60. The molecule has 2 rings (SSSR count). The predicted octanol–water partition coefficient (Wildman–Crippen LogP) is 1.04. The van der Waals surface area contributed by atoms with Crippen molar-refractivity contribution in [2.75, 3.05) is 33.2 Å². The van der Waals surface area contributed by atoms with Gasteiger partial charge < -0.3 is 10.6 Å². The van der Waals surface area contributed by atoms with Crippen LogP contribution in [0.3, 0.4) is 0 Å². The van der Waals surface area contributed by atoms with Gasteiger partial charge in [-0.1, -0.05) is 6.07 Å². The number of hydrogen-bond donors (Lipinski definition) is 1. The molecule has 1 aliphatic rings. The Labute approximate surface area is 106 Å². The number of nitrogens with two attached hydrogens (primary N) is 1. The minimum absolute atomic E-state index is 0.230. The lowest BCUT2D eigenvalue weighted by Crippen LogP contribution is -2.54. The summed E-state index contributed by atoms with van der Waals surface area (Å²) in [6, 6.07) is 3.97. The van der Waals surface area contributed by atoms with E-state index < -0.39 is 11.6 Å². The third-order valence-electron chi connectivity index (χ3n) is 3.47. The fraction of sp³-hybridized carbons (Fsp3) is 0.538. The number of piperazine rings is 1. The number of nitrogens with zero attached hydrogens (tertiary/aromatic N) is 2. The van der Waals surface area contributed by atoms with Crippen LogP contribution in [0.15, 0.2) is 18.2 Å². The lowest BCUT2D eigenvalue weighted by Gasteiger charge is -2.39. The predicted molar refractivity (Wildman–Crippen MR) is 67.1 cm³/mol. The molecule has 2 N–H and O–H groups in total. The second-order valence-corrected chi connectivity index (χ2v) is 4.86. The monoisotopic (exact) mass is 255 g/mol. The quantitative estimate of drug-likeness (QED) is 0.876. The summed E-state index contributed by atoms with van der Waals surface area (Å²) in [6.07, 6.45) is 0. The van der Waals surface area contributed by atoms with Crippen molar-refractivity contribution in [1.82, 2.24) is 9.80 Å². The van der Waals surface area contributed by atoms with Crippen LogP contribution < -0.4 is 5.73 Å². The minimum atomic E-state index is -0.537.